The summed E-state index contributed by atoms with van der Waals surface area (Å²) in [5.41, 5.74) is 0.793. The molecule has 1 aliphatic carbocycles. The maximum Gasteiger partial charge on any atom is 0.244 e. The molecule has 21 heavy (non-hydrogen) atoms. The second-order valence-corrected chi connectivity index (χ2v) is 6.10. The van der Waals surface area contributed by atoms with Gasteiger partial charge in [-0.05, 0) is 37.1 Å². The van der Waals surface area contributed by atoms with Crippen molar-refractivity contribution in [1.29, 1.82) is 0 Å². The Hall–Kier alpha value is -1.66. The van der Waals surface area contributed by atoms with E-state index in [1.807, 2.05) is 35.0 Å². The molecule has 0 bridgehead atoms. The summed E-state index contributed by atoms with van der Waals surface area (Å²) < 4.78 is 2.87. The molecule has 6 heteroatoms. The van der Waals surface area contributed by atoms with Crippen LogP contribution in [0, 0.1) is 0 Å². The van der Waals surface area contributed by atoms with Crippen molar-refractivity contribution < 1.29 is 4.79 Å². The van der Waals surface area contributed by atoms with Gasteiger partial charge >= 0.3 is 0 Å². The van der Waals surface area contributed by atoms with E-state index in [-0.39, 0.29) is 12.5 Å². The number of amides is 1. The molecule has 1 amide bonds. The Labute approximate surface area is 131 Å². The van der Waals surface area contributed by atoms with E-state index >= 15 is 0 Å². The quantitative estimate of drug-likeness (QED) is 0.843. The van der Waals surface area contributed by atoms with Gasteiger partial charge in [-0.1, -0.05) is 15.9 Å². The van der Waals surface area contributed by atoms with Gasteiger partial charge in [-0.15, -0.1) is 0 Å². The fraction of sp³-hybridized carbons (Fsp3) is 0.333. The molecule has 1 saturated carbocycles. The van der Waals surface area contributed by atoms with Crippen LogP contribution in [0.2, 0.25) is 0 Å². The lowest BCUT2D eigenvalue weighted by molar-refractivity contribution is -0.116. The summed E-state index contributed by atoms with van der Waals surface area (Å²) in [4.78, 5) is 16.4. The number of nitrogens with zero attached hydrogens (tertiary/aromatic N) is 2. The summed E-state index contributed by atoms with van der Waals surface area (Å²) in [6, 6.07) is 8.17. The van der Waals surface area contributed by atoms with Gasteiger partial charge in [-0.3, -0.25) is 4.79 Å². The molecule has 1 aromatic carbocycles. The maximum absolute atomic E-state index is 12.1. The second kappa shape index (κ2) is 6.41. The number of carbonyl (C=O) groups excluding carboxylic acids is 1. The average Bonchev–Trinajstić information content (AvgIpc) is 3.20. The van der Waals surface area contributed by atoms with Gasteiger partial charge in [-0.25, -0.2) is 4.98 Å². The minimum Gasteiger partial charge on any atom is -0.325 e. The molecule has 1 fully saturated rings. The molecule has 1 aliphatic rings. The number of anilines is 1. The van der Waals surface area contributed by atoms with Gasteiger partial charge in [0.15, 0.2) is 0 Å². The fourth-order valence-electron chi connectivity index (χ4n) is 2.06. The molecule has 0 spiro atoms. The van der Waals surface area contributed by atoms with Crippen molar-refractivity contribution in [3.05, 3.63) is 47.0 Å². The maximum atomic E-state index is 12.1. The normalized spacial score (nSPS) is 14.1. The third kappa shape index (κ3) is 4.15. The lowest BCUT2D eigenvalue weighted by Gasteiger charge is -2.09. The number of imidazole rings is 1. The smallest absolute Gasteiger partial charge is 0.244 e. The van der Waals surface area contributed by atoms with Crippen molar-refractivity contribution in [3.63, 3.8) is 0 Å². The largest absolute Gasteiger partial charge is 0.325 e. The molecule has 0 aliphatic heterocycles. The first kappa shape index (κ1) is 14.3. The van der Waals surface area contributed by atoms with Gasteiger partial charge in [0.1, 0.15) is 12.4 Å². The van der Waals surface area contributed by atoms with Crippen molar-refractivity contribution >= 4 is 27.5 Å². The summed E-state index contributed by atoms with van der Waals surface area (Å²) in [5.74, 6) is 0.843. The molecule has 1 aromatic heterocycles. The summed E-state index contributed by atoms with van der Waals surface area (Å²) in [6.45, 7) is 0.987. The summed E-state index contributed by atoms with van der Waals surface area (Å²) in [5, 5.41) is 6.29. The van der Waals surface area contributed by atoms with Crippen LogP contribution in [-0.2, 0) is 17.9 Å². The van der Waals surface area contributed by atoms with Crippen molar-refractivity contribution in [3.8, 4) is 0 Å². The summed E-state index contributed by atoms with van der Waals surface area (Å²) in [7, 11) is 0. The molecule has 110 valence electrons. The Morgan fingerprint density at radius 1 is 1.33 bits per heavy atom. The van der Waals surface area contributed by atoms with E-state index < -0.39 is 0 Å². The number of hydrogen-bond acceptors (Lipinski definition) is 3. The van der Waals surface area contributed by atoms with E-state index in [0.29, 0.717) is 12.6 Å². The fourth-order valence-corrected chi connectivity index (χ4v) is 2.33. The number of rotatable bonds is 6. The summed E-state index contributed by atoms with van der Waals surface area (Å²) in [6.07, 6.45) is 6.05. The van der Waals surface area contributed by atoms with Crippen molar-refractivity contribution in [2.45, 2.75) is 32.0 Å². The van der Waals surface area contributed by atoms with Crippen LogP contribution in [0.25, 0.3) is 0 Å². The Balaban J connectivity index is 1.56. The highest BCUT2D eigenvalue weighted by atomic mass is 79.9. The molecule has 0 radical (unpaired) electrons. The number of halogens is 1. The second-order valence-electron chi connectivity index (χ2n) is 5.18. The molecule has 0 atom stereocenters. The predicted molar refractivity (Wildman–Crippen MR) is 84.9 cm³/mol. The zero-order valence-corrected chi connectivity index (χ0v) is 13.1. The van der Waals surface area contributed by atoms with Crippen molar-refractivity contribution in [2.75, 3.05) is 5.32 Å². The van der Waals surface area contributed by atoms with Gasteiger partial charge in [0.25, 0.3) is 0 Å². The minimum atomic E-state index is -0.0528. The van der Waals surface area contributed by atoms with Crippen molar-refractivity contribution in [2.24, 2.45) is 0 Å². The van der Waals surface area contributed by atoms with Gasteiger partial charge in [-0.2, -0.15) is 0 Å². The lowest BCUT2D eigenvalue weighted by Crippen LogP contribution is -2.23. The molecule has 0 saturated heterocycles. The van der Waals surface area contributed by atoms with Gasteiger partial charge < -0.3 is 15.2 Å². The first-order valence-corrected chi connectivity index (χ1v) is 7.79. The monoisotopic (exact) mass is 348 g/mol. The highest BCUT2D eigenvalue weighted by Crippen LogP contribution is 2.19. The number of nitrogens with one attached hydrogen (secondary N) is 2. The Morgan fingerprint density at radius 2 is 2.10 bits per heavy atom. The van der Waals surface area contributed by atoms with Crippen LogP contribution in [0.15, 0.2) is 41.1 Å². The standard InChI is InChI=1S/C15H17BrN4O/c16-11-1-3-13(4-2-11)19-15(21)10-20-8-7-17-14(20)9-18-12-5-6-12/h1-4,7-8,12,18H,5-6,9-10H2,(H,19,21). The van der Waals surface area contributed by atoms with Crippen LogP contribution >= 0.6 is 15.9 Å². The van der Waals surface area contributed by atoms with Gasteiger partial charge in [0, 0.05) is 28.6 Å². The van der Waals surface area contributed by atoms with Crippen molar-refractivity contribution in [1.82, 2.24) is 14.9 Å². The molecule has 2 N–H and O–H groups in total. The molecule has 3 rings (SSSR count). The highest BCUT2D eigenvalue weighted by Gasteiger charge is 2.21. The van der Waals surface area contributed by atoms with Crippen LogP contribution in [-0.4, -0.2) is 21.5 Å². The van der Waals surface area contributed by atoms with E-state index in [0.717, 1.165) is 16.0 Å². The Kier molecular flexibility index (Phi) is 4.36. The third-order valence-corrected chi connectivity index (χ3v) is 3.90. The van der Waals surface area contributed by atoms with E-state index in [2.05, 4.69) is 31.5 Å². The zero-order valence-electron chi connectivity index (χ0n) is 11.6. The first-order chi connectivity index (χ1) is 10.2. The summed E-state index contributed by atoms with van der Waals surface area (Å²) >= 11 is 3.37. The Bertz CT molecular complexity index is 619. The average molecular weight is 349 g/mol. The third-order valence-electron chi connectivity index (χ3n) is 3.37. The first-order valence-electron chi connectivity index (χ1n) is 6.99. The minimum absolute atomic E-state index is 0.0528. The Morgan fingerprint density at radius 3 is 2.81 bits per heavy atom. The van der Waals surface area contributed by atoms with Crippen LogP contribution < -0.4 is 10.6 Å². The van der Waals surface area contributed by atoms with E-state index in [4.69, 9.17) is 0 Å². The molecule has 1 heterocycles. The number of aromatic nitrogens is 2. The molecule has 0 unspecified atom stereocenters. The van der Waals surface area contributed by atoms with Crippen LogP contribution in [0.3, 0.4) is 0 Å². The number of hydrogen-bond donors (Lipinski definition) is 2. The van der Waals surface area contributed by atoms with E-state index in [1.165, 1.54) is 12.8 Å². The number of carbonyl (C=O) groups is 1. The van der Waals surface area contributed by atoms with Gasteiger partial charge in [0.2, 0.25) is 5.91 Å². The lowest BCUT2D eigenvalue weighted by atomic mass is 10.3. The molecular weight excluding hydrogens is 332 g/mol. The van der Waals surface area contributed by atoms with Gasteiger partial charge in [0.05, 0.1) is 6.54 Å². The SMILES string of the molecule is O=C(Cn1ccnc1CNC1CC1)Nc1ccc(Br)cc1. The zero-order chi connectivity index (χ0) is 14.7. The highest BCUT2D eigenvalue weighted by molar-refractivity contribution is 9.10. The van der Waals surface area contributed by atoms with E-state index in [1.54, 1.807) is 6.20 Å². The van der Waals surface area contributed by atoms with Crippen LogP contribution in [0.5, 0.6) is 0 Å². The molecule has 2 aromatic rings. The van der Waals surface area contributed by atoms with E-state index in [9.17, 15) is 4.79 Å². The molecular formula is C15H17BrN4O. The topological polar surface area (TPSA) is 59.0 Å². The van der Waals surface area contributed by atoms with Crippen LogP contribution in [0.1, 0.15) is 18.7 Å². The predicted octanol–water partition coefficient (Wildman–Crippen LogP) is 2.54. The van der Waals surface area contributed by atoms with Crippen LogP contribution in [0.4, 0.5) is 5.69 Å². The number of benzene rings is 1. The molecule has 5 nitrogen and oxygen atoms in total.